The number of likely N-dealkylation sites (tertiary alicyclic amines) is 1. The number of piperidine rings is 1. The minimum Gasteiger partial charge on any atom is -0.444 e. The highest BCUT2D eigenvalue weighted by Gasteiger charge is 2.24. The van der Waals surface area contributed by atoms with Gasteiger partial charge in [0, 0.05) is 31.2 Å². The second-order valence-electron chi connectivity index (χ2n) is 7.26. The summed E-state index contributed by atoms with van der Waals surface area (Å²) in [5, 5.41) is 4.10. The number of nitrogens with zero attached hydrogens (tertiary/aromatic N) is 2. The largest absolute Gasteiger partial charge is 0.444 e. The highest BCUT2D eigenvalue weighted by atomic mass is 35.5. The average Bonchev–Trinajstić information content (AvgIpc) is 2.46. The Morgan fingerprint density at radius 3 is 2.21 bits per heavy atom. The number of amides is 1. The van der Waals surface area contributed by atoms with Crippen molar-refractivity contribution < 1.29 is 9.53 Å². The maximum atomic E-state index is 11.7. The summed E-state index contributed by atoms with van der Waals surface area (Å²) in [4.78, 5) is 15.7. The number of hydrogen-bond donors (Lipinski definition) is 1. The van der Waals surface area contributed by atoms with Gasteiger partial charge in [-0.05, 0) is 61.2 Å². The molecule has 0 spiro atoms. The van der Waals surface area contributed by atoms with Crippen LogP contribution < -0.4 is 5.32 Å². The van der Waals surface area contributed by atoms with Gasteiger partial charge in [-0.2, -0.15) is 0 Å². The third-order valence-corrected chi connectivity index (χ3v) is 3.76. The zero-order valence-corrected chi connectivity index (χ0v) is 17.3. The molecule has 0 unspecified atom stereocenters. The highest BCUT2D eigenvalue weighted by Crippen LogP contribution is 2.23. The summed E-state index contributed by atoms with van der Waals surface area (Å²) in [5.74, 6) is 0. The van der Waals surface area contributed by atoms with Crippen molar-refractivity contribution in [3.8, 4) is 0 Å². The maximum Gasteiger partial charge on any atom is 0.410 e. The van der Waals surface area contributed by atoms with Gasteiger partial charge in [-0.15, -0.1) is 0 Å². The van der Waals surface area contributed by atoms with Gasteiger partial charge in [-0.25, -0.2) is 4.79 Å². The van der Waals surface area contributed by atoms with Crippen molar-refractivity contribution in [2.24, 2.45) is 0 Å². The molecule has 0 aromatic heterocycles. The van der Waals surface area contributed by atoms with E-state index in [-0.39, 0.29) is 6.09 Å². The topological polar surface area (TPSA) is 44.8 Å². The number of carbonyl (C=O) groups is 1. The van der Waals surface area contributed by atoms with Crippen LogP contribution in [0, 0.1) is 0 Å². The van der Waals surface area contributed by atoms with E-state index in [1.807, 2.05) is 27.7 Å². The van der Waals surface area contributed by atoms with E-state index in [9.17, 15) is 4.79 Å². The second kappa shape index (κ2) is 11.7. The molecule has 0 saturated carbocycles. The predicted molar refractivity (Wildman–Crippen MR) is 103 cm³/mol. The molecule has 1 heterocycles. The maximum absolute atomic E-state index is 11.7. The van der Waals surface area contributed by atoms with Crippen LogP contribution in [0.25, 0.3) is 0 Å². The Balaban J connectivity index is 0.000000561. The molecule has 1 N–H and O–H groups in total. The molecule has 0 aromatic rings. The lowest BCUT2D eigenvalue weighted by molar-refractivity contribution is 0.0236. The smallest absolute Gasteiger partial charge is 0.410 e. The van der Waals surface area contributed by atoms with Gasteiger partial charge < -0.3 is 19.9 Å². The van der Waals surface area contributed by atoms with Crippen molar-refractivity contribution in [2.75, 3.05) is 46.8 Å². The lowest BCUT2D eigenvalue weighted by Crippen LogP contribution is -2.40. The summed E-state index contributed by atoms with van der Waals surface area (Å²) in [5.41, 5.74) is 0.830. The Labute approximate surface area is 153 Å². The van der Waals surface area contributed by atoms with Gasteiger partial charge in [0.2, 0.25) is 0 Å². The molecule has 1 aliphatic heterocycles. The van der Waals surface area contributed by atoms with Crippen LogP contribution in [0.3, 0.4) is 0 Å². The van der Waals surface area contributed by atoms with E-state index < -0.39 is 5.60 Å². The number of hydrogen-bond acceptors (Lipinski definition) is 4. The van der Waals surface area contributed by atoms with E-state index in [4.69, 9.17) is 16.3 Å². The minimum absolute atomic E-state index is 0.223. The van der Waals surface area contributed by atoms with Gasteiger partial charge in [0.1, 0.15) is 5.60 Å². The fraction of sp³-hybridized carbons (Fsp3) is 0.833. The first kappa shape index (κ1) is 23.2. The zero-order valence-electron chi connectivity index (χ0n) is 16.5. The predicted octanol–water partition coefficient (Wildman–Crippen LogP) is 3.69. The van der Waals surface area contributed by atoms with E-state index in [1.54, 1.807) is 4.90 Å². The number of ether oxygens (including phenoxy) is 1. The van der Waals surface area contributed by atoms with Crippen molar-refractivity contribution in [2.45, 2.75) is 53.1 Å². The number of carbonyl (C=O) groups excluding carboxylic acids is 1. The van der Waals surface area contributed by atoms with E-state index >= 15 is 0 Å². The summed E-state index contributed by atoms with van der Waals surface area (Å²) in [7, 11) is 4.16. The first-order valence-electron chi connectivity index (χ1n) is 8.74. The van der Waals surface area contributed by atoms with Crippen LogP contribution in [0.1, 0.15) is 47.5 Å². The fourth-order valence-corrected chi connectivity index (χ4v) is 2.30. The Morgan fingerprint density at radius 1 is 1.29 bits per heavy atom. The van der Waals surface area contributed by atoms with Crippen molar-refractivity contribution in [1.82, 2.24) is 15.1 Å². The molecule has 0 atom stereocenters. The van der Waals surface area contributed by atoms with E-state index in [0.29, 0.717) is 13.1 Å². The highest BCUT2D eigenvalue weighted by molar-refractivity contribution is 6.29. The molecular weight excluding hydrogens is 326 g/mol. The number of rotatable bonds is 4. The fourth-order valence-electron chi connectivity index (χ4n) is 2.11. The average molecular weight is 362 g/mol. The molecule has 0 aromatic carbocycles. The number of halogens is 1. The van der Waals surface area contributed by atoms with Crippen molar-refractivity contribution in [3.63, 3.8) is 0 Å². The number of likely N-dealkylation sites (N-methyl/N-ethyl adjacent to an activating group) is 2. The van der Waals surface area contributed by atoms with Crippen molar-refractivity contribution >= 4 is 17.7 Å². The molecule has 0 bridgehead atoms. The lowest BCUT2D eigenvalue weighted by atomic mass is 10.0. The molecule has 0 radical (unpaired) electrons. The first-order chi connectivity index (χ1) is 11.1. The molecule has 1 saturated heterocycles. The van der Waals surface area contributed by atoms with E-state index in [1.165, 1.54) is 5.57 Å². The molecule has 5 nitrogen and oxygen atoms in total. The Morgan fingerprint density at radius 2 is 1.83 bits per heavy atom. The Kier molecular flexibility index (Phi) is 11.3. The molecule has 1 aliphatic rings. The lowest BCUT2D eigenvalue weighted by Gasteiger charge is -2.31. The molecular formula is C18H36ClN3O2. The van der Waals surface area contributed by atoms with Crippen molar-refractivity contribution in [1.29, 1.82) is 0 Å². The quantitative estimate of drug-likeness (QED) is 0.775. The molecule has 1 rings (SSSR count). The first-order valence-corrected chi connectivity index (χ1v) is 9.12. The molecule has 24 heavy (non-hydrogen) atoms. The van der Waals surface area contributed by atoms with Gasteiger partial charge in [0.15, 0.2) is 0 Å². The molecule has 142 valence electrons. The monoisotopic (exact) mass is 361 g/mol. The summed E-state index contributed by atoms with van der Waals surface area (Å²) < 4.78 is 5.31. The summed E-state index contributed by atoms with van der Waals surface area (Å²) in [6.45, 7) is 14.4. The van der Waals surface area contributed by atoms with Crippen LogP contribution >= 0.6 is 11.6 Å². The summed E-state index contributed by atoms with van der Waals surface area (Å²) in [6.07, 6.45) is 1.49. The standard InChI is InChI=1S/C12H20ClNO2.C6H16N2/c1-9(13)10-5-7-14(8-6-10)11(15)16-12(2,3)4;1-4-7-5-6-8(2)3/h5-8H2,1-4H3;7H,4-6H2,1-3H3. The summed E-state index contributed by atoms with van der Waals surface area (Å²) in [6, 6.07) is 0. The number of nitrogens with one attached hydrogen (secondary N) is 1. The van der Waals surface area contributed by atoms with Crippen LogP contribution in [-0.2, 0) is 4.74 Å². The SMILES string of the molecule is CC(Cl)=C1CCN(C(=O)OC(C)(C)C)CC1.CCNCCN(C)C. The van der Waals surface area contributed by atoms with Gasteiger partial charge in [0.05, 0.1) is 0 Å². The molecule has 0 aliphatic carbocycles. The Bertz CT molecular complexity index is 390. The van der Waals surface area contributed by atoms with Crippen LogP contribution in [0.2, 0.25) is 0 Å². The third kappa shape index (κ3) is 11.7. The molecule has 1 amide bonds. The van der Waals surface area contributed by atoms with E-state index in [0.717, 1.165) is 37.5 Å². The van der Waals surface area contributed by atoms with Gasteiger partial charge in [-0.1, -0.05) is 24.1 Å². The normalized spacial score (nSPS) is 15.0. The zero-order chi connectivity index (χ0) is 18.8. The van der Waals surface area contributed by atoms with Crippen LogP contribution in [0.5, 0.6) is 0 Å². The molecule has 1 fully saturated rings. The number of allylic oxidation sites excluding steroid dienone is 1. The van der Waals surface area contributed by atoms with Crippen LogP contribution in [0.4, 0.5) is 4.79 Å². The second-order valence-corrected chi connectivity index (χ2v) is 7.83. The third-order valence-electron chi connectivity index (χ3n) is 3.49. The van der Waals surface area contributed by atoms with Crippen LogP contribution in [-0.4, -0.2) is 68.3 Å². The Hall–Kier alpha value is -0.780. The van der Waals surface area contributed by atoms with Gasteiger partial charge >= 0.3 is 6.09 Å². The van der Waals surface area contributed by atoms with Gasteiger partial charge in [0.25, 0.3) is 0 Å². The molecule has 6 heteroatoms. The minimum atomic E-state index is -0.421. The summed E-state index contributed by atoms with van der Waals surface area (Å²) >= 11 is 5.94. The van der Waals surface area contributed by atoms with Gasteiger partial charge in [-0.3, -0.25) is 0 Å². The van der Waals surface area contributed by atoms with E-state index in [2.05, 4.69) is 31.2 Å². The van der Waals surface area contributed by atoms with Crippen molar-refractivity contribution in [3.05, 3.63) is 10.6 Å². The van der Waals surface area contributed by atoms with Crippen LogP contribution in [0.15, 0.2) is 10.6 Å².